The highest BCUT2D eigenvalue weighted by Gasteiger charge is 2.06. The number of aldehydes is 1. The first-order valence-corrected chi connectivity index (χ1v) is 5.77. The van der Waals surface area contributed by atoms with Crippen molar-refractivity contribution in [2.24, 2.45) is 5.92 Å². The Morgan fingerprint density at radius 1 is 1.50 bits per heavy atom. The number of hydrogen-bond acceptors (Lipinski definition) is 4. The highest BCUT2D eigenvalue weighted by molar-refractivity contribution is 5.79. The number of amides is 1. The molecule has 3 N–H and O–H groups in total. The second kappa shape index (κ2) is 6.64. The molecule has 1 aromatic rings. The van der Waals surface area contributed by atoms with Crippen molar-refractivity contribution < 1.29 is 14.3 Å². The van der Waals surface area contributed by atoms with Gasteiger partial charge in [0.15, 0.2) is 6.61 Å². The van der Waals surface area contributed by atoms with Crippen molar-refractivity contribution in [2.45, 2.75) is 13.8 Å². The third-order valence-corrected chi connectivity index (χ3v) is 2.24. The molecule has 98 valence electrons. The van der Waals surface area contributed by atoms with E-state index in [0.29, 0.717) is 35.7 Å². The van der Waals surface area contributed by atoms with Gasteiger partial charge in [0, 0.05) is 12.1 Å². The third kappa shape index (κ3) is 4.45. The standard InChI is InChI=1S/C13H18N2O3/c1-9(2)6-15-13(17)8-18-12-4-3-10(7-16)5-11(12)14/h3-5,7,9H,6,8,14H2,1-2H3,(H,15,17). The van der Waals surface area contributed by atoms with E-state index >= 15 is 0 Å². The maximum absolute atomic E-state index is 11.4. The molecule has 1 rings (SSSR count). The van der Waals surface area contributed by atoms with Gasteiger partial charge in [-0.1, -0.05) is 13.8 Å². The summed E-state index contributed by atoms with van der Waals surface area (Å²) in [5, 5.41) is 2.73. The van der Waals surface area contributed by atoms with E-state index in [1.54, 1.807) is 12.1 Å². The lowest BCUT2D eigenvalue weighted by atomic mass is 10.2. The highest BCUT2D eigenvalue weighted by atomic mass is 16.5. The average molecular weight is 250 g/mol. The maximum atomic E-state index is 11.4. The molecule has 0 fully saturated rings. The fourth-order valence-corrected chi connectivity index (χ4v) is 1.28. The number of hydrogen-bond donors (Lipinski definition) is 2. The fourth-order valence-electron chi connectivity index (χ4n) is 1.28. The van der Waals surface area contributed by atoms with Crippen molar-refractivity contribution in [3.8, 4) is 5.75 Å². The van der Waals surface area contributed by atoms with Gasteiger partial charge < -0.3 is 15.8 Å². The van der Waals surface area contributed by atoms with Crippen LogP contribution in [0.1, 0.15) is 24.2 Å². The molecule has 0 saturated heterocycles. The van der Waals surface area contributed by atoms with Gasteiger partial charge in [-0.05, 0) is 24.1 Å². The van der Waals surface area contributed by atoms with Gasteiger partial charge in [-0.2, -0.15) is 0 Å². The number of carbonyl (C=O) groups is 2. The van der Waals surface area contributed by atoms with E-state index in [-0.39, 0.29) is 12.5 Å². The lowest BCUT2D eigenvalue weighted by molar-refractivity contribution is -0.123. The zero-order valence-corrected chi connectivity index (χ0v) is 10.6. The number of carbonyl (C=O) groups excluding carboxylic acids is 2. The molecular formula is C13H18N2O3. The Morgan fingerprint density at radius 3 is 2.78 bits per heavy atom. The summed E-state index contributed by atoms with van der Waals surface area (Å²) in [5.74, 6) is 0.605. The summed E-state index contributed by atoms with van der Waals surface area (Å²) in [6, 6.07) is 4.67. The molecule has 0 atom stereocenters. The van der Waals surface area contributed by atoms with Gasteiger partial charge in [0.2, 0.25) is 0 Å². The summed E-state index contributed by atoms with van der Waals surface area (Å²) in [7, 11) is 0. The average Bonchev–Trinajstić information content (AvgIpc) is 2.34. The van der Waals surface area contributed by atoms with Gasteiger partial charge in [0.1, 0.15) is 12.0 Å². The number of nitrogens with two attached hydrogens (primary N) is 1. The van der Waals surface area contributed by atoms with Crippen LogP contribution in [0.5, 0.6) is 5.75 Å². The first kappa shape index (κ1) is 14.0. The Morgan fingerprint density at radius 2 is 2.22 bits per heavy atom. The van der Waals surface area contributed by atoms with E-state index in [0.717, 1.165) is 0 Å². The van der Waals surface area contributed by atoms with Crippen LogP contribution < -0.4 is 15.8 Å². The monoisotopic (exact) mass is 250 g/mol. The molecule has 0 aliphatic carbocycles. The topological polar surface area (TPSA) is 81.4 Å². The summed E-state index contributed by atoms with van der Waals surface area (Å²) in [4.78, 5) is 21.9. The van der Waals surface area contributed by atoms with Crippen molar-refractivity contribution in [2.75, 3.05) is 18.9 Å². The normalized spacial score (nSPS) is 10.2. The molecule has 0 heterocycles. The molecule has 0 radical (unpaired) electrons. The second-order valence-electron chi connectivity index (χ2n) is 4.40. The van der Waals surface area contributed by atoms with E-state index in [1.165, 1.54) is 6.07 Å². The van der Waals surface area contributed by atoms with Crippen LogP contribution in [0.4, 0.5) is 5.69 Å². The first-order valence-electron chi connectivity index (χ1n) is 5.77. The van der Waals surface area contributed by atoms with E-state index in [1.807, 2.05) is 13.8 Å². The van der Waals surface area contributed by atoms with Crippen molar-refractivity contribution >= 4 is 17.9 Å². The predicted molar refractivity (Wildman–Crippen MR) is 69.6 cm³/mol. The highest BCUT2D eigenvalue weighted by Crippen LogP contribution is 2.21. The first-order chi connectivity index (χ1) is 8.52. The molecule has 5 heteroatoms. The fraction of sp³-hybridized carbons (Fsp3) is 0.385. The van der Waals surface area contributed by atoms with Crippen LogP contribution in [0, 0.1) is 5.92 Å². The summed E-state index contributed by atoms with van der Waals surface area (Å²) < 4.78 is 5.28. The van der Waals surface area contributed by atoms with E-state index < -0.39 is 0 Å². The maximum Gasteiger partial charge on any atom is 0.257 e. The minimum atomic E-state index is -0.192. The van der Waals surface area contributed by atoms with E-state index in [9.17, 15) is 9.59 Å². The molecule has 0 bridgehead atoms. The molecule has 0 spiro atoms. The molecule has 5 nitrogen and oxygen atoms in total. The third-order valence-electron chi connectivity index (χ3n) is 2.24. The van der Waals surface area contributed by atoms with Crippen LogP contribution >= 0.6 is 0 Å². The van der Waals surface area contributed by atoms with Gasteiger partial charge in [-0.25, -0.2) is 0 Å². The SMILES string of the molecule is CC(C)CNC(=O)COc1ccc(C=O)cc1N. The molecule has 0 saturated carbocycles. The molecule has 0 aliphatic heterocycles. The van der Waals surface area contributed by atoms with Gasteiger partial charge in [-0.3, -0.25) is 9.59 Å². The Balaban J connectivity index is 2.48. The zero-order valence-electron chi connectivity index (χ0n) is 10.6. The summed E-state index contributed by atoms with van der Waals surface area (Å²) >= 11 is 0. The smallest absolute Gasteiger partial charge is 0.257 e. The quantitative estimate of drug-likeness (QED) is 0.587. The number of benzene rings is 1. The minimum Gasteiger partial charge on any atom is -0.482 e. The second-order valence-corrected chi connectivity index (χ2v) is 4.40. The van der Waals surface area contributed by atoms with E-state index in [4.69, 9.17) is 10.5 Å². The van der Waals surface area contributed by atoms with Crippen molar-refractivity contribution in [1.82, 2.24) is 5.32 Å². The predicted octanol–water partition coefficient (Wildman–Crippen LogP) is 1.23. The van der Waals surface area contributed by atoms with Gasteiger partial charge in [0.05, 0.1) is 5.69 Å². The van der Waals surface area contributed by atoms with Crippen LogP contribution in [0.25, 0.3) is 0 Å². The Labute approximate surface area is 106 Å². The Kier molecular flexibility index (Phi) is 5.17. The number of nitrogens with one attached hydrogen (secondary N) is 1. The van der Waals surface area contributed by atoms with Gasteiger partial charge in [0.25, 0.3) is 5.91 Å². The van der Waals surface area contributed by atoms with Crippen molar-refractivity contribution in [3.05, 3.63) is 23.8 Å². The van der Waals surface area contributed by atoms with Crippen molar-refractivity contribution in [1.29, 1.82) is 0 Å². The van der Waals surface area contributed by atoms with Crippen LogP contribution in [0.15, 0.2) is 18.2 Å². The lowest BCUT2D eigenvalue weighted by Crippen LogP contribution is -2.31. The number of nitrogen functional groups attached to an aromatic ring is 1. The molecular weight excluding hydrogens is 232 g/mol. The molecule has 0 aromatic heterocycles. The zero-order chi connectivity index (χ0) is 13.5. The summed E-state index contributed by atoms with van der Waals surface area (Å²) in [5.41, 5.74) is 6.51. The number of rotatable bonds is 6. The summed E-state index contributed by atoms with van der Waals surface area (Å²) in [6.45, 7) is 4.55. The molecule has 0 unspecified atom stereocenters. The molecule has 18 heavy (non-hydrogen) atoms. The lowest BCUT2D eigenvalue weighted by Gasteiger charge is -2.10. The Bertz CT molecular complexity index is 430. The molecule has 1 amide bonds. The molecule has 1 aromatic carbocycles. The van der Waals surface area contributed by atoms with Gasteiger partial charge in [-0.15, -0.1) is 0 Å². The van der Waals surface area contributed by atoms with E-state index in [2.05, 4.69) is 5.32 Å². The molecule has 0 aliphatic rings. The van der Waals surface area contributed by atoms with Crippen molar-refractivity contribution in [3.63, 3.8) is 0 Å². The van der Waals surface area contributed by atoms with Crippen LogP contribution in [-0.4, -0.2) is 25.3 Å². The van der Waals surface area contributed by atoms with Crippen LogP contribution in [-0.2, 0) is 4.79 Å². The minimum absolute atomic E-state index is 0.0860. The number of anilines is 1. The van der Waals surface area contributed by atoms with Crippen LogP contribution in [0.3, 0.4) is 0 Å². The largest absolute Gasteiger partial charge is 0.482 e. The number of ether oxygens (including phenoxy) is 1. The Hall–Kier alpha value is -2.04. The van der Waals surface area contributed by atoms with Crippen LogP contribution in [0.2, 0.25) is 0 Å². The summed E-state index contributed by atoms with van der Waals surface area (Å²) in [6.07, 6.45) is 0.704. The van der Waals surface area contributed by atoms with Gasteiger partial charge >= 0.3 is 0 Å².